The number of nitrogens with two attached hydrogens (primary N) is 2. The standard InChI is InChI=1S/C6H9N3.C2HF3O2/c7-5-3-1-2-4-6(8)9-5;3-2(4,5)1(6)7/h1-4,9H,7-8H2;(H,6,7). The van der Waals surface area contributed by atoms with Gasteiger partial charge in [-0.25, -0.2) is 4.79 Å². The van der Waals surface area contributed by atoms with E-state index < -0.39 is 12.1 Å². The van der Waals surface area contributed by atoms with Gasteiger partial charge >= 0.3 is 12.1 Å². The number of carboxylic acid groups (broad SMARTS) is 1. The molecule has 0 fully saturated rings. The predicted molar refractivity (Wildman–Crippen MR) is 50.5 cm³/mol. The van der Waals surface area contributed by atoms with Crippen LogP contribution in [0.4, 0.5) is 13.2 Å². The van der Waals surface area contributed by atoms with Gasteiger partial charge < -0.3 is 21.9 Å². The molecular formula is C8H10F3N3O2. The second-order valence-corrected chi connectivity index (χ2v) is 2.56. The highest BCUT2D eigenvalue weighted by molar-refractivity contribution is 5.73. The van der Waals surface area contributed by atoms with Crippen molar-refractivity contribution in [2.75, 3.05) is 0 Å². The molecule has 1 heterocycles. The van der Waals surface area contributed by atoms with Gasteiger partial charge in [-0.2, -0.15) is 13.2 Å². The monoisotopic (exact) mass is 237 g/mol. The highest BCUT2D eigenvalue weighted by atomic mass is 19.4. The summed E-state index contributed by atoms with van der Waals surface area (Å²) in [5.74, 6) is -1.62. The second kappa shape index (κ2) is 5.69. The fourth-order valence-electron chi connectivity index (χ4n) is 0.568. The normalized spacial score (nSPS) is 14.7. The highest BCUT2D eigenvalue weighted by Gasteiger charge is 2.38. The van der Waals surface area contributed by atoms with Crippen molar-refractivity contribution in [1.82, 2.24) is 5.32 Å². The second-order valence-electron chi connectivity index (χ2n) is 2.56. The van der Waals surface area contributed by atoms with E-state index in [2.05, 4.69) is 5.32 Å². The first-order valence-electron chi connectivity index (χ1n) is 3.90. The zero-order valence-electron chi connectivity index (χ0n) is 7.95. The molecular weight excluding hydrogens is 227 g/mol. The van der Waals surface area contributed by atoms with E-state index in [0.717, 1.165) is 0 Å². The van der Waals surface area contributed by atoms with Crippen LogP contribution in [0.15, 0.2) is 35.9 Å². The van der Waals surface area contributed by atoms with E-state index in [9.17, 15) is 13.2 Å². The molecule has 0 aliphatic carbocycles. The Kier molecular flexibility index (Phi) is 4.93. The molecule has 0 amide bonds. The lowest BCUT2D eigenvalue weighted by Crippen LogP contribution is -2.23. The summed E-state index contributed by atoms with van der Waals surface area (Å²) in [5, 5.41) is 9.88. The summed E-state index contributed by atoms with van der Waals surface area (Å²) in [6.07, 6.45) is 2.05. The number of alkyl halides is 3. The third kappa shape index (κ3) is 6.35. The van der Waals surface area contributed by atoms with Gasteiger partial charge in [0.1, 0.15) is 11.6 Å². The topological polar surface area (TPSA) is 101 Å². The Hall–Kier alpha value is -2.12. The number of hydrogen-bond acceptors (Lipinski definition) is 4. The minimum Gasteiger partial charge on any atom is -0.475 e. The minimum atomic E-state index is -5.08. The predicted octanol–water partition coefficient (Wildman–Crippen LogP) is 0.379. The number of nitrogens with one attached hydrogen (secondary N) is 1. The fourth-order valence-corrected chi connectivity index (χ4v) is 0.568. The SMILES string of the molecule is NC1=CC=CC=C(N)N1.O=C(O)C(F)(F)F. The largest absolute Gasteiger partial charge is 0.490 e. The number of hydrogen-bond donors (Lipinski definition) is 4. The first-order chi connectivity index (χ1) is 7.23. The summed E-state index contributed by atoms with van der Waals surface area (Å²) < 4.78 is 31.7. The van der Waals surface area contributed by atoms with Crippen molar-refractivity contribution >= 4 is 5.97 Å². The summed E-state index contributed by atoms with van der Waals surface area (Å²) in [5.41, 5.74) is 10.8. The van der Waals surface area contributed by atoms with Gasteiger partial charge in [0.15, 0.2) is 0 Å². The molecule has 0 aromatic carbocycles. The van der Waals surface area contributed by atoms with Crippen LogP contribution in [-0.2, 0) is 4.79 Å². The van der Waals surface area contributed by atoms with Gasteiger partial charge in [0.2, 0.25) is 0 Å². The summed E-state index contributed by atoms with van der Waals surface area (Å²) in [6.45, 7) is 0. The van der Waals surface area contributed by atoms with Gasteiger partial charge in [0.05, 0.1) is 0 Å². The molecule has 8 heteroatoms. The number of aliphatic carboxylic acids is 1. The smallest absolute Gasteiger partial charge is 0.475 e. The van der Waals surface area contributed by atoms with E-state index >= 15 is 0 Å². The van der Waals surface area contributed by atoms with Gasteiger partial charge in [0, 0.05) is 0 Å². The zero-order chi connectivity index (χ0) is 12.8. The molecule has 6 N–H and O–H groups in total. The zero-order valence-corrected chi connectivity index (χ0v) is 7.95. The van der Waals surface area contributed by atoms with Crippen LogP contribution in [0.2, 0.25) is 0 Å². The van der Waals surface area contributed by atoms with Crippen LogP contribution in [0, 0.1) is 0 Å². The van der Waals surface area contributed by atoms with Crippen molar-refractivity contribution < 1.29 is 23.1 Å². The van der Waals surface area contributed by atoms with E-state index in [0.29, 0.717) is 11.6 Å². The van der Waals surface area contributed by atoms with Crippen molar-refractivity contribution in [3.8, 4) is 0 Å². The van der Waals surface area contributed by atoms with E-state index in [1.807, 2.05) is 12.2 Å². The Labute approximate surface area is 88.9 Å². The van der Waals surface area contributed by atoms with E-state index in [4.69, 9.17) is 21.4 Å². The molecule has 0 radical (unpaired) electrons. The third-order valence-corrected chi connectivity index (χ3v) is 1.19. The van der Waals surface area contributed by atoms with Crippen LogP contribution < -0.4 is 16.8 Å². The summed E-state index contributed by atoms with van der Waals surface area (Å²) in [7, 11) is 0. The molecule has 0 saturated carbocycles. The van der Waals surface area contributed by atoms with Crippen LogP contribution >= 0.6 is 0 Å². The number of allylic oxidation sites excluding steroid dienone is 4. The quantitative estimate of drug-likeness (QED) is 0.488. The van der Waals surface area contributed by atoms with Crippen molar-refractivity contribution in [3.05, 3.63) is 35.9 Å². The van der Waals surface area contributed by atoms with Crippen molar-refractivity contribution in [1.29, 1.82) is 0 Å². The molecule has 0 bridgehead atoms. The summed E-state index contributed by atoms with van der Waals surface area (Å²) in [4.78, 5) is 8.90. The van der Waals surface area contributed by atoms with E-state index in [-0.39, 0.29) is 0 Å². The first-order valence-corrected chi connectivity index (χ1v) is 3.90. The minimum absolute atomic E-state index is 0.567. The Morgan fingerprint density at radius 2 is 1.50 bits per heavy atom. The Bertz CT molecular complexity index is 325. The molecule has 0 unspecified atom stereocenters. The molecule has 16 heavy (non-hydrogen) atoms. The van der Waals surface area contributed by atoms with Gasteiger partial charge in [-0.15, -0.1) is 0 Å². The molecule has 0 spiro atoms. The molecule has 5 nitrogen and oxygen atoms in total. The van der Waals surface area contributed by atoms with E-state index in [1.165, 1.54) is 0 Å². The lowest BCUT2D eigenvalue weighted by Gasteiger charge is -2.01. The van der Waals surface area contributed by atoms with Gasteiger partial charge in [0.25, 0.3) is 0 Å². The maximum atomic E-state index is 10.6. The third-order valence-electron chi connectivity index (χ3n) is 1.19. The molecule has 0 aromatic heterocycles. The number of carbonyl (C=O) groups is 1. The number of carboxylic acids is 1. The molecule has 0 saturated heterocycles. The maximum Gasteiger partial charge on any atom is 0.490 e. The Morgan fingerprint density at radius 1 is 1.19 bits per heavy atom. The first kappa shape index (κ1) is 13.9. The molecule has 1 rings (SSSR count). The van der Waals surface area contributed by atoms with Gasteiger partial charge in [-0.1, -0.05) is 12.2 Å². The molecule has 0 aromatic rings. The van der Waals surface area contributed by atoms with Gasteiger partial charge in [-0.3, -0.25) is 0 Å². The van der Waals surface area contributed by atoms with Crippen molar-refractivity contribution in [2.24, 2.45) is 11.5 Å². The molecule has 1 aliphatic heterocycles. The van der Waals surface area contributed by atoms with Gasteiger partial charge in [-0.05, 0) is 12.2 Å². The lowest BCUT2D eigenvalue weighted by atomic mass is 10.5. The van der Waals surface area contributed by atoms with E-state index in [1.54, 1.807) is 12.2 Å². The average Bonchev–Trinajstić information content (AvgIpc) is 2.28. The number of halogens is 3. The van der Waals surface area contributed by atoms with Crippen molar-refractivity contribution in [3.63, 3.8) is 0 Å². The van der Waals surface area contributed by atoms with Crippen LogP contribution in [-0.4, -0.2) is 17.3 Å². The Morgan fingerprint density at radius 3 is 1.75 bits per heavy atom. The maximum absolute atomic E-state index is 10.6. The fraction of sp³-hybridized carbons (Fsp3) is 0.125. The number of rotatable bonds is 0. The summed E-state index contributed by atoms with van der Waals surface area (Å²) in [6, 6.07) is 0. The van der Waals surface area contributed by atoms with Crippen molar-refractivity contribution in [2.45, 2.75) is 6.18 Å². The molecule has 1 aliphatic rings. The van der Waals surface area contributed by atoms with Crippen LogP contribution in [0.1, 0.15) is 0 Å². The Balaban J connectivity index is 0.000000293. The molecule has 0 atom stereocenters. The highest BCUT2D eigenvalue weighted by Crippen LogP contribution is 2.13. The van der Waals surface area contributed by atoms with Crippen LogP contribution in [0.5, 0.6) is 0 Å². The average molecular weight is 237 g/mol. The lowest BCUT2D eigenvalue weighted by molar-refractivity contribution is -0.192. The molecule has 90 valence electrons. The van der Waals surface area contributed by atoms with Crippen LogP contribution in [0.3, 0.4) is 0 Å². The van der Waals surface area contributed by atoms with Crippen LogP contribution in [0.25, 0.3) is 0 Å². The summed E-state index contributed by atoms with van der Waals surface area (Å²) >= 11 is 0.